The molecular formula is C19H19N3O4S2. The largest absolute Gasteiger partial charge is 0.484 e. The van der Waals surface area contributed by atoms with Crippen molar-refractivity contribution < 1.29 is 17.9 Å². The van der Waals surface area contributed by atoms with E-state index in [-0.39, 0.29) is 17.4 Å². The first-order chi connectivity index (χ1) is 13.5. The SMILES string of the molecule is CCc1cccc(OCC(=O)Nc2ccc(S(=O)(=O)Nc3nccs3)cc2)c1. The molecule has 28 heavy (non-hydrogen) atoms. The van der Waals surface area contributed by atoms with Crippen LogP contribution in [-0.2, 0) is 21.2 Å². The number of amides is 1. The van der Waals surface area contributed by atoms with E-state index in [1.54, 1.807) is 11.4 Å². The summed E-state index contributed by atoms with van der Waals surface area (Å²) in [6, 6.07) is 13.4. The van der Waals surface area contributed by atoms with Crippen LogP contribution in [0.25, 0.3) is 0 Å². The Morgan fingerprint density at radius 1 is 1.18 bits per heavy atom. The maximum atomic E-state index is 12.3. The van der Waals surface area contributed by atoms with Gasteiger partial charge in [0, 0.05) is 17.3 Å². The molecule has 1 amide bonds. The highest BCUT2D eigenvalue weighted by Crippen LogP contribution is 2.19. The highest BCUT2D eigenvalue weighted by Gasteiger charge is 2.15. The number of aromatic nitrogens is 1. The van der Waals surface area contributed by atoms with Gasteiger partial charge in [0.2, 0.25) is 0 Å². The summed E-state index contributed by atoms with van der Waals surface area (Å²) >= 11 is 1.19. The first-order valence-corrected chi connectivity index (χ1v) is 10.9. The van der Waals surface area contributed by atoms with Crippen LogP contribution in [0.1, 0.15) is 12.5 Å². The number of nitrogens with one attached hydrogen (secondary N) is 2. The lowest BCUT2D eigenvalue weighted by atomic mass is 10.2. The molecule has 1 heterocycles. The van der Waals surface area contributed by atoms with E-state index in [2.05, 4.69) is 15.0 Å². The smallest absolute Gasteiger partial charge is 0.263 e. The lowest BCUT2D eigenvalue weighted by Gasteiger charge is -2.09. The molecule has 0 unspecified atom stereocenters. The standard InChI is InChI=1S/C19H19N3O4S2/c1-2-14-4-3-5-16(12-14)26-13-18(23)21-15-6-8-17(9-7-15)28(24,25)22-19-20-10-11-27-19/h3-12H,2,13H2,1H3,(H,20,22)(H,21,23). The van der Waals surface area contributed by atoms with Crippen molar-refractivity contribution >= 4 is 38.1 Å². The fraction of sp³-hybridized carbons (Fsp3) is 0.158. The molecule has 7 nitrogen and oxygen atoms in total. The van der Waals surface area contributed by atoms with Crippen molar-refractivity contribution in [3.63, 3.8) is 0 Å². The van der Waals surface area contributed by atoms with Crippen LogP contribution in [0.5, 0.6) is 5.75 Å². The van der Waals surface area contributed by atoms with Gasteiger partial charge in [0.05, 0.1) is 4.90 Å². The van der Waals surface area contributed by atoms with Gasteiger partial charge in [0.25, 0.3) is 15.9 Å². The highest BCUT2D eigenvalue weighted by atomic mass is 32.2. The van der Waals surface area contributed by atoms with Crippen LogP contribution < -0.4 is 14.8 Å². The van der Waals surface area contributed by atoms with Crippen LogP contribution in [0.2, 0.25) is 0 Å². The molecule has 0 bridgehead atoms. The predicted octanol–water partition coefficient (Wildman–Crippen LogP) is 3.52. The van der Waals surface area contributed by atoms with E-state index in [1.165, 1.54) is 41.8 Å². The van der Waals surface area contributed by atoms with Gasteiger partial charge >= 0.3 is 0 Å². The Hall–Kier alpha value is -2.91. The van der Waals surface area contributed by atoms with E-state index in [0.29, 0.717) is 16.6 Å². The van der Waals surface area contributed by atoms with Gasteiger partial charge < -0.3 is 10.1 Å². The van der Waals surface area contributed by atoms with Gasteiger partial charge in [0.1, 0.15) is 5.75 Å². The quantitative estimate of drug-likeness (QED) is 0.584. The van der Waals surface area contributed by atoms with Crippen molar-refractivity contribution in [2.24, 2.45) is 0 Å². The molecule has 0 fully saturated rings. The Kier molecular flexibility index (Phi) is 6.27. The molecule has 0 saturated carbocycles. The summed E-state index contributed by atoms with van der Waals surface area (Å²) in [5, 5.41) is 4.65. The van der Waals surface area contributed by atoms with Crippen molar-refractivity contribution in [1.29, 1.82) is 0 Å². The highest BCUT2D eigenvalue weighted by molar-refractivity contribution is 7.93. The van der Waals surface area contributed by atoms with Crippen molar-refractivity contribution in [2.75, 3.05) is 16.6 Å². The van der Waals surface area contributed by atoms with Gasteiger partial charge in [-0.25, -0.2) is 13.4 Å². The Morgan fingerprint density at radius 3 is 2.64 bits per heavy atom. The summed E-state index contributed by atoms with van der Waals surface area (Å²) in [7, 11) is -3.72. The van der Waals surface area contributed by atoms with Gasteiger partial charge in [0.15, 0.2) is 11.7 Å². The zero-order valence-electron chi connectivity index (χ0n) is 15.1. The Morgan fingerprint density at radius 2 is 1.96 bits per heavy atom. The number of rotatable bonds is 8. The molecule has 0 aliphatic heterocycles. The third-order valence-electron chi connectivity index (χ3n) is 3.78. The lowest BCUT2D eigenvalue weighted by Crippen LogP contribution is -2.20. The minimum absolute atomic E-state index is 0.0772. The number of aryl methyl sites for hydroxylation is 1. The van der Waals surface area contributed by atoms with Crippen molar-refractivity contribution in [1.82, 2.24) is 4.98 Å². The van der Waals surface area contributed by atoms with Gasteiger partial charge in [-0.2, -0.15) is 0 Å². The second kappa shape index (κ2) is 8.85. The van der Waals surface area contributed by atoms with Gasteiger partial charge in [-0.3, -0.25) is 9.52 Å². The number of carbonyl (C=O) groups is 1. The zero-order chi connectivity index (χ0) is 20.0. The van der Waals surface area contributed by atoms with Gasteiger partial charge in [-0.05, 0) is 48.4 Å². The molecule has 2 N–H and O–H groups in total. The van der Waals surface area contributed by atoms with Crippen molar-refractivity contribution in [2.45, 2.75) is 18.2 Å². The number of thiazole rings is 1. The molecule has 0 aliphatic rings. The van der Waals surface area contributed by atoms with Crippen LogP contribution in [0.4, 0.5) is 10.8 Å². The van der Waals surface area contributed by atoms with E-state index >= 15 is 0 Å². The van der Waals surface area contributed by atoms with Crippen LogP contribution in [0.15, 0.2) is 65.0 Å². The Balaban J connectivity index is 1.56. The number of anilines is 2. The first-order valence-electron chi connectivity index (χ1n) is 8.50. The van der Waals surface area contributed by atoms with Crippen LogP contribution in [0.3, 0.4) is 0 Å². The van der Waals surface area contributed by atoms with Gasteiger partial charge in [-0.1, -0.05) is 19.1 Å². The summed E-state index contributed by atoms with van der Waals surface area (Å²) in [4.78, 5) is 16.0. The topological polar surface area (TPSA) is 97.4 Å². The number of hydrogen-bond donors (Lipinski definition) is 2. The van der Waals surface area contributed by atoms with E-state index in [9.17, 15) is 13.2 Å². The minimum Gasteiger partial charge on any atom is -0.484 e. The van der Waals surface area contributed by atoms with E-state index in [4.69, 9.17) is 4.74 Å². The first kappa shape index (κ1) is 19.8. The fourth-order valence-electron chi connectivity index (χ4n) is 2.37. The van der Waals surface area contributed by atoms with Crippen molar-refractivity contribution in [3.05, 3.63) is 65.7 Å². The minimum atomic E-state index is -3.72. The average Bonchev–Trinajstić information content (AvgIpc) is 3.19. The normalized spacial score (nSPS) is 11.0. The monoisotopic (exact) mass is 417 g/mol. The second-order valence-corrected chi connectivity index (χ2v) is 8.38. The summed E-state index contributed by atoms with van der Waals surface area (Å²) < 4.78 is 32.5. The van der Waals surface area contributed by atoms with E-state index in [1.807, 2.05) is 25.1 Å². The molecule has 146 valence electrons. The third kappa shape index (κ3) is 5.30. The summed E-state index contributed by atoms with van der Waals surface area (Å²) in [5.41, 5.74) is 1.60. The number of nitrogens with zero attached hydrogens (tertiary/aromatic N) is 1. The van der Waals surface area contributed by atoms with Crippen LogP contribution in [-0.4, -0.2) is 25.9 Å². The Bertz CT molecular complexity index is 1030. The number of hydrogen-bond acceptors (Lipinski definition) is 6. The number of benzene rings is 2. The number of ether oxygens (including phenoxy) is 1. The maximum Gasteiger partial charge on any atom is 0.263 e. The molecule has 2 aromatic carbocycles. The molecule has 0 radical (unpaired) electrons. The predicted molar refractivity (Wildman–Crippen MR) is 109 cm³/mol. The summed E-state index contributed by atoms with van der Waals surface area (Å²) in [6.07, 6.45) is 2.40. The molecule has 9 heteroatoms. The lowest BCUT2D eigenvalue weighted by molar-refractivity contribution is -0.118. The average molecular weight is 418 g/mol. The molecule has 1 aromatic heterocycles. The van der Waals surface area contributed by atoms with Crippen molar-refractivity contribution in [3.8, 4) is 5.75 Å². The third-order valence-corrected chi connectivity index (χ3v) is 5.95. The molecule has 0 saturated heterocycles. The number of sulfonamides is 1. The van der Waals surface area contributed by atoms with E-state index in [0.717, 1.165) is 12.0 Å². The van der Waals surface area contributed by atoms with Crippen LogP contribution in [0, 0.1) is 0 Å². The molecule has 3 rings (SSSR count). The molecule has 0 aliphatic carbocycles. The zero-order valence-corrected chi connectivity index (χ0v) is 16.7. The second-order valence-electron chi connectivity index (χ2n) is 5.80. The van der Waals surface area contributed by atoms with Gasteiger partial charge in [-0.15, -0.1) is 11.3 Å². The van der Waals surface area contributed by atoms with Crippen LogP contribution >= 0.6 is 11.3 Å². The maximum absolute atomic E-state index is 12.3. The molecule has 0 atom stereocenters. The number of carbonyl (C=O) groups excluding carboxylic acids is 1. The molecule has 0 spiro atoms. The van der Waals surface area contributed by atoms with E-state index < -0.39 is 10.0 Å². The fourth-order valence-corrected chi connectivity index (χ4v) is 4.16. The molecule has 3 aromatic rings. The summed E-state index contributed by atoms with van der Waals surface area (Å²) in [6.45, 7) is 1.90. The molecular weight excluding hydrogens is 398 g/mol. The summed E-state index contributed by atoms with van der Waals surface area (Å²) in [5.74, 6) is 0.294. The Labute approximate surface area is 167 Å².